The van der Waals surface area contributed by atoms with Gasteiger partial charge >= 0.3 is 0 Å². The topological polar surface area (TPSA) is 56.1 Å². The number of quaternary nitrogens is 1. The maximum atomic E-state index is 13.3. The van der Waals surface area contributed by atoms with Crippen molar-refractivity contribution in [3.8, 4) is 11.5 Å². The minimum absolute atomic E-state index is 0.140. The number of amides is 1. The summed E-state index contributed by atoms with van der Waals surface area (Å²) >= 11 is 7.75. The van der Waals surface area contributed by atoms with Crippen LogP contribution in [0.4, 0.5) is 5.13 Å². The van der Waals surface area contributed by atoms with Gasteiger partial charge in [-0.2, -0.15) is 0 Å². The van der Waals surface area contributed by atoms with Crippen molar-refractivity contribution in [2.75, 3.05) is 38.9 Å². The van der Waals surface area contributed by atoms with E-state index in [0.717, 1.165) is 23.2 Å². The van der Waals surface area contributed by atoms with Gasteiger partial charge in [-0.3, -0.25) is 9.69 Å². The Balaban J connectivity index is 1.69. The van der Waals surface area contributed by atoms with E-state index >= 15 is 0 Å². The van der Waals surface area contributed by atoms with Gasteiger partial charge in [0.15, 0.2) is 16.6 Å². The molecule has 0 aliphatic carbocycles. The number of aromatic nitrogens is 1. The summed E-state index contributed by atoms with van der Waals surface area (Å²) in [6, 6.07) is 10.9. The minimum Gasteiger partial charge on any atom is -0.454 e. The molecule has 146 valence electrons. The Hall–Kier alpha value is -2.35. The number of nitrogens with zero attached hydrogens (tertiary/aromatic N) is 2. The number of carbonyl (C=O) groups excluding carboxylic acids is 1. The maximum Gasteiger partial charge on any atom is 0.261 e. The third-order valence-corrected chi connectivity index (χ3v) is 5.88. The van der Waals surface area contributed by atoms with E-state index in [0.29, 0.717) is 33.8 Å². The van der Waals surface area contributed by atoms with Crippen LogP contribution in [0.2, 0.25) is 5.02 Å². The van der Waals surface area contributed by atoms with Crippen molar-refractivity contribution in [2.45, 2.75) is 6.42 Å². The standard InChI is InChI=1S/C20H20ClN3O3S/c1-23(2)8-5-9-24(19(25)13-6-3-4-7-14(13)21)20-22-15-10-16-17(27-12-26-16)11-18(15)28-20/h3-4,6-7,10-11H,5,8-9,12H2,1-2H3/p+1. The molecule has 0 unspecified atom stereocenters. The van der Waals surface area contributed by atoms with Crippen LogP contribution in [0, 0.1) is 0 Å². The first-order valence-corrected chi connectivity index (χ1v) is 10.3. The van der Waals surface area contributed by atoms with Crippen molar-refractivity contribution in [1.82, 2.24) is 4.98 Å². The van der Waals surface area contributed by atoms with E-state index in [9.17, 15) is 4.79 Å². The predicted molar refractivity (Wildman–Crippen MR) is 111 cm³/mol. The first kappa shape index (κ1) is 19.0. The lowest BCUT2D eigenvalue weighted by Crippen LogP contribution is -3.05. The molecule has 0 saturated heterocycles. The van der Waals surface area contributed by atoms with Gasteiger partial charge in [0.2, 0.25) is 6.79 Å². The third-order valence-electron chi connectivity index (χ3n) is 4.51. The summed E-state index contributed by atoms with van der Waals surface area (Å²) in [5.74, 6) is 1.26. The Kier molecular flexibility index (Phi) is 5.39. The molecule has 0 radical (unpaired) electrons. The number of hydrogen-bond acceptors (Lipinski definition) is 5. The van der Waals surface area contributed by atoms with Crippen molar-refractivity contribution in [3.05, 3.63) is 47.0 Å². The summed E-state index contributed by atoms with van der Waals surface area (Å²) in [6.45, 7) is 1.75. The average molecular weight is 419 g/mol. The van der Waals surface area contributed by atoms with Crippen molar-refractivity contribution in [1.29, 1.82) is 0 Å². The van der Waals surface area contributed by atoms with Gasteiger partial charge in [0.25, 0.3) is 5.91 Å². The van der Waals surface area contributed by atoms with Crippen LogP contribution in [-0.2, 0) is 0 Å². The zero-order valence-electron chi connectivity index (χ0n) is 15.7. The molecule has 1 amide bonds. The molecule has 28 heavy (non-hydrogen) atoms. The number of ether oxygens (including phenoxy) is 2. The first-order chi connectivity index (χ1) is 13.5. The van der Waals surface area contributed by atoms with Crippen LogP contribution < -0.4 is 19.3 Å². The van der Waals surface area contributed by atoms with Gasteiger partial charge in [-0.1, -0.05) is 35.1 Å². The van der Waals surface area contributed by atoms with E-state index in [-0.39, 0.29) is 12.7 Å². The van der Waals surface area contributed by atoms with Crippen LogP contribution >= 0.6 is 22.9 Å². The van der Waals surface area contributed by atoms with E-state index in [1.54, 1.807) is 17.0 Å². The molecule has 1 aliphatic heterocycles. The Labute approximate surface area is 172 Å². The molecule has 0 bridgehead atoms. The van der Waals surface area contributed by atoms with Crippen LogP contribution in [-0.4, -0.2) is 44.9 Å². The highest BCUT2D eigenvalue weighted by Gasteiger charge is 2.24. The summed E-state index contributed by atoms with van der Waals surface area (Å²) < 4.78 is 11.9. The molecule has 1 N–H and O–H groups in total. The molecule has 0 saturated carbocycles. The quantitative estimate of drug-likeness (QED) is 0.668. The fraction of sp³-hybridized carbons (Fsp3) is 0.300. The molecular formula is C20H21ClN3O3S+. The van der Waals surface area contributed by atoms with E-state index in [4.69, 9.17) is 26.1 Å². The van der Waals surface area contributed by atoms with Gasteiger partial charge in [0.05, 0.1) is 41.4 Å². The van der Waals surface area contributed by atoms with Crippen LogP contribution in [0.3, 0.4) is 0 Å². The van der Waals surface area contributed by atoms with Crippen molar-refractivity contribution in [2.24, 2.45) is 0 Å². The smallest absolute Gasteiger partial charge is 0.261 e. The summed E-state index contributed by atoms with van der Waals surface area (Å²) in [5.41, 5.74) is 1.27. The largest absolute Gasteiger partial charge is 0.454 e. The number of halogens is 1. The highest BCUT2D eigenvalue weighted by Crippen LogP contribution is 2.40. The Morgan fingerprint density at radius 1 is 1.25 bits per heavy atom. The predicted octanol–water partition coefficient (Wildman–Crippen LogP) is 2.86. The lowest BCUT2D eigenvalue weighted by atomic mass is 10.2. The fourth-order valence-corrected chi connectivity index (χ4v) is 4.29. The molecule has 0 fully saturated rings. The monoisotopic (exact) mass is 418 g/mol. The van der Waals surface area contributed by atoms with Crippen LogP contribution in [0.15, 0.2) is 36.4 Å². The zero-order chi connectivity index (χ0) is 19.7. The van der Waals surface area contributed by atoms with E-state index in [1.165, 1.54) is 16.2 Å². The number of thiazole rings is 1. The lowest BCUT2D eigenvalue weighted by Gasteiger charge is -2.21. The van der Waals surface area contributed by atoms with E-state index in [1.807, 2.05) is 24.3 Å². The summed E-state index contributed by atoms with van der Waals surface area (Å²) in [6.07, 6.45) is 0.858. The highest BCUT2D eigenvalue weighted by molar-refractivity contribution is 7.22. The van der Waals surface area contributed by atoms with Crippen molar-refractivity contribution >= 4 is 44.2 Å². The number of nitrogens with one attached hydrogen (secondary N) is 1. The Morgan fingerprint density at radius 2 is 2.00 bits per heavy atom. The van der Waals surface area contributed by atoms with Gasteiger partial charge < -0.3 is 14.4 Å². The molecule has 1 aliphatic rings. The summed E-state index contributed by atoms with van der Waals surface area (Å²) in [4.78, 5) is 21.0. The van der Waals surface area contributed by atoms with Crippen LogP contribution in [0.1, 0.15) is 16.8 Å². The molecule has 2 heterocycles. The van der Waals surface area contributed by atoms with Gasteiger partial charge in [-0.25, -0.2) is 4.98 Å². The van der Waals surface area contributed by atoms with E-state index in [2.05, 4.69) is 14.1 Å². The second-order valence-corrected chi connectivity index (χ2v) is 8.33. The Bertz CT molecular complexity index is 980. The fourth-order valence-electron chi connectivity index (χ4n) is 3.08. The molecule has 2 aromatic carbocycles. The second-order valence-electron chi connectivity index (χ2n) is 6.92. The number of fused-ring (bicyclic) bond motifs is 2. The minimum atomic E-state index is -0.140. The first-order valence-electron chi connectivity index (χ1n) is 9.08. The number of carbonyl (C=O) groups is 1. The molecule has 0 atom stereocenters. The van der Waals surface area contributed by atoms with Gasteiger partial charge in [0, 0.05) is 25.1 Å². The lowest BCUT2D eigenvalue weighted by molar-refractivity contribution is -0.858. The molecule has 6 nitrogen and oxygen atoms in total. The van der Waals surface area contributed by atoms with Gasteiger partial charge in [-0.05, 0) is 12.1 Å². The van der Waals surface area contributed by atoms with Gasteiger partial charge in [0.1, 0.15) is 0 Å². The van der Waals surface area contributed by atoms with Crippen molar-refractivity contribution in [3.63, 3.8) is 0 Å². The number of hydrogen-bond donors (Lipinski definition) is 1. The average Bonchev–Trinajstić information content (AvgIpc) is 3.28. The normalized spacial score (nSPS) is 12.7. The molecular weight excluding hydrogens is 398 g/mol. The molecule has 3 aromatic rings. The molecule has 0 spiro atoms. The number of anilines is 1. The molecule has 1 aromatic heterocycles. The number of benzene rings is 2. The maximum absolute atomic E-state index is 13.3. The van der Waals surface area contributed by atoms with Crippen LogP contribution in [0.5, 0.6) is 11.5 Å². The van der Waals surface area contributed by atoms with Crippen molar-refractivity contribution < 1.29 is 19.2 Å². The molecule has 8 heteroatoms. The van der Waals surface area contributed by atoms with Crippen LogP contribution in [0.25, 0.3) is 10.2 Å². The molecule has 4 rings (SSSR count). The summed E-state index contributed by atoms with van der Waals surface area (Å²) in [5, 5.41) is 1.09. The second kappa shape index (κ2) is 7.95. The third kappa shape index (κ3) is 3.78. The Morgan fingerprint density at radius 3 is 2.75 bits per heavy atom. The SMILES string of the molecule is C[NH+](C)CCCN(C(=O)c1ccccc1Cl)c1nc2cc3c(cc2s1)OCO3. The summed E-state index contributed by atoms with van der Waals surface area (Å²) in [7, 11) is 4.19. The zero-order valence-corrected chi connectivity index (χ0v) is 17.3. The number of rotatable bonds is 6. The highest BCUT2D eigenvalue weighted by atomic mass is 35.5. The van der Waals surface area contributed by atoms with E-state index < -0.39 is 0 Å². The van der Waals surface area contributed by atoms with Gasteiger partial charge in [-0.15, -0.1) is 0 Å².